The first-order valence-corrected chi connectivity index (χ1v) is 13.0. The molecule has 2 aliphatic rings. The Balaban J connectivity index is 1.20. The largest absolute Gasteiger partial charge is 0.349 e. The standard InChI is InChI=1S/C24H28N4OS2/c1-16(18-9-8-17-5-2-3-6-19(17)13-18)25-23(29)15-31-24-27-26-22(28(24)20-10-11-20)14-21-7-4-12-30-21/h4,7-9,12-13,16,20H,2-3,5-6,10-11,14-15H2,1H3,(H,25,29)/t16-/m1/s1. The monoisotopic (exact) mass is 452 g/mol. The molecule has 5 nitrogen and oxygen atoms in total. The molecule has 2 aromatic heterocycles. The van der Waals surface area contributed by atoms with E-state index in [9.17, 15) is 4.79 Å². The number of hydrogen-bond donors (Lipinski definition) is 1. The van der Waals surface area contributed by atoms with Crippen molar-refractivity contribution in [2.75, 3.05) is 5.75 Å². The highest BCUT2D eigenvalue weighted by molar-refractivity contribution is 7.99. The van der Waals surface area contributed by atoms with Crippen LogP contribution in [0.1, 0.15) is 72.1 Å². The van der Waals surface area contributed by atoms with Gasteiger partial charge in [0.05, 0.1) is 11.8 Å². The molecule has 162 valence electrons. The summed E-state index contributed by atoms with van der Waals surface area (Å²) in [6.45, 7) is 2.07. The number of amides is 1. The number of thiophene rings is 1. The van der Waals surface area contributed by atoms with Crippen molar-refractivity contribution >= 4 is 29.0 Å². The number of benzene rings is 1. The van der Waals surface area contributed by atoms with Crippen LogP contribution in [0.25, 0.3) is 0 Å². The Morgan fingerprint density at radius 1 is 1.23 bits per heavy atom. The maximum atomic E-state index is 12.7. The number of thioether (sulfide) groups is 1. The van der Waals surface area contributed by atoms with Crippen molar-refractivity contribution < 1.29 is 4.79 Å². The quantitative estimate of drug-likeness (QED) is 0.482. The van der Waals surface area contributed by atoms with Gasteiger partial charge in [-0.2, -0.15) is 0 Å². The fourth-order valence-corrected chi connectivity index (χ4v) is 5.85. The summed E-state index contributed by atoms with van der Waals surface area (Å²) in [6.07, 6.45) is 8.05. The molecule has 0 unspecified atom stereocenters. The summed E-state index contributed by atoms with van der Waals surface area (Å²) in [5.74, 6) is 1.41. The summed E-state index contributed by atoms with van der Waals surface area (Å²) in [5, 5.41) is 15.0. The van der Waals surface area contributed by atoms with Gasteiger partial charge in [-0.25, -0.2) is 0 Å². The van der Waals surface area contributed by atoms with Crippen molar-refractivity contribution in [3.63, 3.8) is 0 Å². The minimum atomic E-state index is 0.0102. The topological polar surface area (TPSA) is 59.8 Å². The van der Waals surface area contributed by atoms with Crippen LogP contribution in [0.4, 0.5) is 0 Å². The van der Waals surface area contributed by atoms with E-state index in [0.717, 1.165) is 23.8 Å². The second-order valence-corrected chi connectivity index (χ2v) is 10.5. The lowest BCUT2D eigenvalue weighted by Gasteiger charge is -2.20. The van der Waals surface area contributed by atoms with Gasteiger partial charge in [0.2, 0.25) is 5.91 Å². The van der Waals surface area contributed by atoms with Crippen LogP contribution < -0.4 is 5.32 Å². The highest BCUT2D eigenvalue weighted by atomic mass is 32.2. The van der Waals surface area contributed by atoms with Crippen molar-refractivity contribution in [2.24, 2.45) is 0 Å². The molecule has 31 heavy (non-hydrogen) atoms. The molecule has 0 aliphatic heterocycles. The summed E-state index contributed by atoms with van der Waals surface area (Å²) in [6, 6.07) is 11.4. The van der Waals surface area contributed by atoms with E-state index in [1.165, 1.54) is 65.4 Å². The van der Waals surface area contributed by atoms with Crippen LogP contribution in [-0.2, 0) is 24.1 Å². The first-order valence-electron chi connectivity index (χ1n) is 11.2. The summed E-state index contributed by atoms with van der Waals surface area (Å²) in [5.41, 5.74) is 4.12. The Morgan fingerprint density at radius 3 is 2.84 bits per heavy atom. The highest BCUT2D eigenvalue weighted by Crippen LogP contribution is 2.39. The molecule has 1 aromatic carbocycles. The summed E-state index contributed by atoms with van der Waals surface area (Å²) >= 11 is 3.24. The predicted octanol–water partition coefficient (Wildman–Crippen LogP) is 5.11. The van der Waals surface area contributed by atoms with Gasteiger partial charge in [-0.05, 0) is 73.6 Å². The van der Waals surface area contributed by atoms with Gasteiger partial charge >= 0.3 is 0 Å². The molecule has 7 heteroatoms. The molecule has 5 rings (SSSR count). The van der Waals surface area contributed by atoms with Gasteiger partial charge in [-0.15, -0.1) is 21.5 Å². The van der Waals surface area contributed by atoms with Crippen molar-refractivity contribution in [2.45, 2.75) is 69.1 Å². The number of aryl methyl sites for hydroxylation is 2. The Labute approximate surface area is 191 Å². The lowest BCUT2D eigenvalue weighted by molar-refractivity contribution is -0.119. The minimum Gasteiger partial charge on any atom is -0.349 e. The molecular formula is C24H28N4OS2. The van der Waals surface area contributed by atoms with Gasteiger partial charge in [0.25, 0.3) is 0 Å². The van der Waals surface area contributed by atoms with Crippen LogP contribution >= 0.6 is 23.1 Å². The SMILES string of the molecule is C[C@@H](NC(=O)CSc1nnc(Cc2cccs2)n1C1CC1)c1ccc2c(c1)CCCC2. The van der Waals surface area contributed by atoms with E-state index < -0.39 is 0 Å². The van der Waals surface area contributed by atoms with Crippen LogP contribution in [0.15, 0.2) is 40.9 Å². The maximum Gasteiger partial charge on any atom is 0.230 e. The molecule has 1 saturated carbocycles. The molecule has 2 aliphatic carbocycles. The zero-order chi connectivity index (χ0) is 21.2. The fourth-order valence-electron chi connectivity index (χ4n) is 4.31. The van der Waals surface area contributed by atoms with E-state index in [1.54, 1.807) is 11.3 Å². The molecule has 1 atom stereocenters. The average molecular weight is 453 g/mol. The Hall–Kier alpha value is -2.12. The van der Waals surface area contributed by atoms with Crippen LogP contribution in [0, 0.1) is 0 Å². The van der Waals surface area contributed by atoms with E-state index in [4.69, 9.17) is 0 Å². The minimum absolute atomic E-state index is 0.0102. The predicted molar refractivity (Wildman–Crippen MR) is 126 cm³/mol. The van der Waals surface area contributed by atoms with E-state index >= 15 is 0 Å². The second-order valence-electron chi connectivity index (χ2n) is 8.57. The molecule has 1 fully saturated rings. The van der Waals surface area contributed by atoms with Gasteiger partial charge in [0.15, 0.2) is 5.16 Å². The van der Waals surface area contributed by atoms with E-state index in [-0.39, 0.29) is 11.9 Å². The lowest BCUT2D eigenvalue weighted by atomic mass is 9.89. The summed E-state index contributed by atoms with van der Waals surface area (Å²) in [4.78, 5) is 14.0. The third-order valence-electron chi connectivity index (χ3n) is 6.14. The van der Waals surface area contributed by atoms with Crippen molar-refractivity contribution in [1.82, 2.24) is 20.1 Å². The van der Waals surface area contributed by atoms with Crippen LogP contribution in [0.3, 0.4) is 0 Å². The molecule has 3 aromatic rings. The molecule has 2 heterocycles. The smallest absolute Gasteiger partial charge is 0.230 e. The third kappa shape index (κ3) is 4.88. The van der Waals surface area contributed by atoms with Gasteiger partial charge < -0.3 is 9.88 Å². The second kappa shape index (κ2) is 9.17. The van der Waals surface area contributed by atoms with E-state index in [2.05, 4.69) is 62.7 Å². The molecule has 0 bridgehead atoms. The first-order chi connectivity index (χ1) is 15.2. The highest BCUT2D eigenvalue weighted by Gasteiger charge is 2.30. The molecular weight excluding hydrogens is 424 g/mol. The Kier molecular flexibility index (Phi) is 6.14. The van der Waals surface area contributed by atoms with Crippen molar-refractivity contribution in [3.8, 4) is 0 Å². The van der Waals surface area contributed by atoms with Gasteiger partial charge in [-0.1, -0.05) is 36.0 Å². The molecule has 0 saturated heterocycles. The van der Waals surface area contributed by atoms with E-state index in [1.807, 2.05) is 0 Å². The Bertz CT molecular complexity index is 1060. The van der Waals surface area contributed by atoms with Gasteiger partial charge in [0.1, 0.15) is 5.82 Å². The number of carbonyl (C=O) groups excluding carboxylic acids is 1. The molecule has 0 spiro atoms. The maximum absolute atomic E-state index is 12.7. The number of fused-ring (bicyclic) bond motifs is 1. The van der Waals surface area contributed by atoms with Gasteiger partial charge in [-0.3, -0.25) is 4.79 Å². The number of carbonyl (C=O) groups is 1. The molecule has 1 N–H and O–H groups in total. The number of nitrogens with zero attached hydrogens (tertiary/aromatic N) is 3. The number of rotatable bonds is 8. The first kappa shape index (κ1) is 20.8. The van der Waals surface area contributed by atoms with E-state index in [0.29, 0.717) is 11.8 Å². The van der Waals surface area contributed by atoms with Crippen molar-refractivity contribution in [1.29, 1.82) is 0 Å². The van der Waals surface area contributed by atoms with Crippen molar-refractivity contribution in [3.05, 3.63) is 63.1 Å². The zero-order valence-corrected chi connectivity index (χ0v) is 19.5. The van der Waals surface area contributed by atoms with Crippen LogP contribution in [0.2, 0.25) is 0 Å². The third-order valence-corrected chi connectivity index (χ3v) is 7.96. The normalized spacial score (nSPS) is 16.7. The summed E-state index contributed by atoms with van der Waals surface area (Å²) in [7, 11) is 0. The lowest BCUT2D eigenvalue weighted by Crippen LogP contribution is -2.28. The number of nitrogens with one attached hydrogen (secondary N) is 1. The number of hydrogen-bond acceptors (Lipinski definition) is 5. The number of aromatic nitrogens is 3. The Morgan fingerprint density at radius 2 is 2.06 bits per heavy atom. The summed E-state index contributed by atoms with van der Waals surface area (Å²) < 4.78 is 2.25. The fraction of sp³-hybridized carbons (Fsp3) is 0.458. The zero-order valence-electron chi connectivity index (χ0n) is 17.8. The average Bonchev–Trinajstić information content (AvgIpc) is 3.33. The molecule has 1 amide bonds. The van der Waals surface area contributed by atoms with Crippen LogP contribution in [-0.4, -0.2) is 26.4 Å². The van der Waals surface area contributed by atoms with Gasteiger partial charge in [0, 0.05) is 17.3 Å². The molecule has 0 radical (unpaired) electrons. The van der Waals surface area contributed by atoms with Crippen LogP contribution in [0.5, 0.6) is 0 Å².